The zero-order chi connectivity index (χ0) is 18.1. The lowest BCUT2D eigenvalue weighted by Gasteiger charge is -2.15. The van der Waals surface area contributed by atoms with Gasteiger partial charge < -0.3 is 5.32 Å². The molecule has 0 saturated carbocycles. The number of hydrogen-bond donors (Lipinski definition) is 1. The van der Waals surface area contributed by atoms with Crippen molar-refractivity contribution in [3.63, 3.8) is 0 Å². The third-order valence-corrected chi connectivity index (χ3v) is 4.22. The second-order valence-corrected chi connectivity index (χ2v) is 7.11. The van der Waals surface area contributed by atoms with Crippen molar-refractivity contribution >= 4 is 39.5 Å². The van der Waals surface area contributed by atoms with Crippen LogP contribution in [0.1, 0.15) is 44.9 Å². The fraction of sp³-hybridized carbons (Fsp3) is 0.222. The average Bonchev–Trinajstić information content (AvgIpc) is 2.81. The molecule has 2 aromatic rings. The van der Waals surface area contributed by atoms with Gasteiger partial charge in [-0.1, -0.05) is 13.8 Å². The van der Waals surface area contributed by atoms with Crippen LogP contribution in [-0.4, -0.2) is 34.2 Å². The SMILES string of the molecule is CC(C)CN1C(=O)c2ccc(C(=O)Nc3ccc(Br)cn3)cc2C1=O. The van der Waals surface area contributed by atoms with Crippen molar-refractivity contribution in [3.8, 4) is 0 Å². The lowest BCUT2D eigenvalue weighted by atomic mass is 10.1. The second-order valence-electron chi connectivity index (χ2n) is 6.19. The average molecular weight is 402 g/mol. The van der Waals surface area contributed by atoms with E-state index in [1.165, 1.54) is 23.1 Å². The van der Waals surface area contributed by atoms with Gasteiger partial charge >= 0.3 is 0 Å². The van der Waals surface area contributed by atoms with E-state index in [1.54, 1.807) is 18.3 Å². The number of carbonyl (C=O) groups is 3. The Hall–Kier alpha value is -2.54. The molecular formula is C18H16BrN3O3. The lowest BCUT2D eigenvalue weighted by Crippen LogP contribution is -2.33. The van der Waals surface area contributed by atoms with Gasteiger partial charge in [-0.25, -0.2) is 4.98 Å². The van der Waals surface area contributed by atoms with Gasteiger partial charge in [0.25, 0.3) is 17.7 Å². The number of fused-ring (bicyclic) bond motifs is 1. The van der Waals surface area contributed by atoms with Gasteiger partial charge in [0.15, 0.2) is 0 Å². The minimum atomic E-state index is -0.389. The van der Waals surface area contributed by atoms with Crippen molar-refractivity contribution in [1.82, 2.24) is 9.88 Å². The fourth-order valence-electron chi connectivity index (χ4n) is 2.60. The Bertz CT molecular complexity index is 862. The highest BCUT2D eigenvalue weighted by atomic mass is 79.9. The molecule has 0 aliphatic carbocycles. The van der Waals surface area contributed by atoms with E-state index in [0.717, 1.165) is 4.47 Å². The number of imide groups is 1. The minimum Gasteiger partial charge on any atom is -0.307 e. The van der Waals surface area contributed by atoms with E-state index in [0.29, 0.717) is 23.5 Å². The Morgan fingerprint density at radius 1 is 1.16 bits per heavy atom. The highest BCUT2D eigenvalue weighted by molar-refractivity contribution is 9.10. The minimum absolute atomic E-state index is 0.175. The van der Waals surface area contributed by atoms with Gasteiger partial charge in [0.2, 0.25) is 0 Å². The first-order valence-electron chi connectivity index (χ1n) is 7.80. The van der Waals surface area contributed by atoms with Gasteiger partial charge in [0, 0.05) is 22.8 Å². The standard InChI is InChI=1S/C18H16BrN3O3/c1-10(2)9-22-17(24)13-5-3-11(7-14(13)18(22)25)16(23)21-15-6-4-12(19)8-20-15/h3-8,10H,9H2,1-2H3,(H,20,21,23). The number of nitrogens with one attached hydrogen (secondary N) is 1. The largest absolute Gasteiger partial charge is 0.307 e. The fourth-order valence-corrected chi connectivity index (χ4v) is 2.84. The quantitative estimate of drug-likeness (QED) is 0.796. The monoisotopic (exact) mass is 401 g/mol. The molecule has 3 rings (SSSR count). The number of nitrogens with zero attached hydrogens (tertiary/aromatic N) is 2. The zero-order valence-electron chi connectivity index (χ0n) is 13.7. The summed E-state index contributed by atoms with van der Waals surface area (Å²) in [6, 6.07) is 7.95. The maximum absolute atomic E-state index is 12.5. The number of anilines is 1. The molecule has 0 radical (unpaired) electrons. The number of pyridine rings is 1. The number of benzene rings is 1. The van der Waals surface area contributed by atoms with Crippen LogP contribution < -0.4 is 5.32 Å². The highest BCUT2D eigenvalue weighted by Crippen LogP contribution is 2.25. The second kappa shape index (κ2) is 6.76. The number of aromatic nitrogens is 1. The number of hydrogen-bond acceptors (Lipinski definition) is 4. The van der Waals surface area contributed by atoms with Crippen molar-refractivity contribution in [3.05, 3.63) is 57.7 Å². The molecule has 0 spiro atoms. The predicted molar refractivity (Wildman–Crippen MR) is 96.5 cm³/mol. The van der Waals surface area contributed by atoms with Crippen LogP contribution in [0.2, 0.25) is 0 Å². The first-order chi connectivity index (χ1) is 11.9. The van der Waals surface area contributed by atoms with Crippen LogP contribution in [0.25, 0.3) is 0 Å². The Labute approximate surface area is 153 Å². The van der Waals surface area contributed by atoms with E-state index in [-0.39, 0.29) is 29.2 Å². The summed E-state index contributed by atoms with van der Waals surface area (Å²) in [5.41, 5.74) is 0.905. The van der Waals surface area contributed by atoms with Crippen molar-refractivity contribution in [2.45, 2.75) is 13.8 Å². The molecule has 1 aliphatic heterocycles. The number of halogens is 1. The van der Waals surface area contributed by atoms with E-state index in [4.69, 9.17) is 0 Å². The summed E-state index contributed by atoms with van der Waals surface area (Å²) in [5.74, 6) is -0.480. The molecule has 2 heterocycles. The molecule has 1 aromatic heterocycles. The van der Waals surface area contributed by atoms with Gasteiger partial charge in [0.05, 0.1) is 11.1 Å². The molecule has 128 valence electrons. The lowest BCUT2D eigenvalue weighted by molar-refractivity contribution is 0.0636. The van der Waals surface area contributed by atoms with Gasteiger partial charge in [-0.15, -0.1) is 0 Å². The summed E-state index contributed by atoms with van der Waals surface area (Å²) in [7, 11) is 0. The summed E-state index contributed by atoms with van der Waals surface area (Å²) in [5, 5.41) is 2.67. The summed E-state index contributed by atoms with van der Waals surface area (Å²) in [6.07, 6.45) is 1.57. The molecule has 3 amide bonds. The predicted octanol–water partition coefficient (Wildman–Crippen LogP) is 3.35. The molecule has 0 unspecified atom stereocenters. The molecule has 7 heteroatoms. The third-order valence-electron chi connectivity index (χ3n) is 3.75. The van der Waals surface area contributed by atoms with E-state index >= 15 is 0 Å². The summed E-state index contributed by atoms with van der Waals surface area (Å²) < 4.78 is 0.803. The Balaban J connectivity index is 1.84. The Morgan fingerprint density at radius 2 is 1.88 bits per heavy atom. The van der Waals surface area contributed by atoms with Crippen molar-refractivity contribution in [2.24, 2.45) is 5.92 Å². The summed E-state index contributed by atoms with van der Waals surface area (Å²) in [6.45, 7) is 4.23. The van der Waals surface area contributed by atoms with Gasteiger partial charge in [-0.3, -0.25) is 19.3 Å². The third kappa shape index (κ3) is 3.46. The molecule has 1 aliphatic rings. The Morgan fingerprint density at radius 3 is 2.52 bits per heavy atom. The van der Waals surface area contributed by atoms with Crippen molar-refractivity contribution in [1.29, 1.82) is 0 Å². The molecular weight excluding hydrogens is 386 g/mol. The van der Waals surface area contributed by atoms with E-state index in [9.17, 15) is 14.4 Å². The molecule has 0 atom stereocenters. The van der Waals surface area contributed by atoms with Gasteiger partial charge in [-0.05, 0) is 52.2 Å². The van der Waals surface area contributed by atoms with Crippen molar-refractivity contribution < 1.29 is 14.4 Å². The number of amides is 3. The maximum atomic E-state index is 12.5. The van der Waals surface area contributed by atoms with Crippen LogP contribution in [0.3, 0.4) is 0 Å². The van der Waals surface area contributed by atoms with Gasteiger partial charge in [-0.2, -0.15) is 0 Å². The first kappa shape index (κ1) is 17.3. The van der Waals surface area contributed by atoms with Crippen LogP contribution in [0.4, 0.5) is 5.82 Å². The van der Waals surface area contributed by atoms with E-state index < -0.39 is 0 Å². The summed E-state index contributed by atoms with van der Waals surface area (Å²) >= 11 is 3.28. The molecule has 6 nitrogen and oxygen atoms in total. The van der Waals surface area contributed by atoms with Gasteiger partial charge in [0.1, 0.15) is 5.82 Å². The van der Waals surface area contributed by atoms with Crippen LogP contribution in [0.15, 0.2) is 41.0 Å². The van der Waals surface area contributed by atoms with E-state index in [2.05, 4.69) is 26.2 Å². The van der Waals surface area contributed by atoms with Crippen LogP contribution >= 0.6 is 15.9 Å². The Kier molecular flexibility index (Phi) is 4.67. The molecule has 0 bridgehead atoms. The molecule has 1 N–H and O–H groups in total. The van der Waals surface area contributed by atoms with Crippen LogP contribution in [0, 0.1) is 5.92 Å². The summed E-state index contributed by atoms with van der Waals surface area (Å²) in [4.78, 5) is 42.5. The smallest absolute Gasteiger partial charge is 0.261 e. The van der Waals surface area contributed by atoms with E-state index in [1.807, 2.05) is 13.8 Å². The maximum Gasteiger partial charge on any atom is 0.261 e. The van der Waals surface area contributed by atoms with Crippen molar-refractivity contribution in [2.75, 3.05) is 11.9 Å². The molecule has 0 fully saturated rings. The zero-order valence-corrected chi connectivity index (χ0v) is 15.3. The normalized spacial score (nSPS) is 13.4. The topological polar surface area (TPSA) is 79.4 Å². The first-order valence-corrected chi connectivity index (χ1v) is 8.59. The molecule has 1 aromatic carbocycles. The molecule has 25 heavy (non-hydrogen) atoms. The number of carbonyl (C=O) groups excluding carboxylic acids is 3. The van der Waals surface area contributed by atoms with Crippen LogP contribution in [-0.2, 0) is 0 Å². The molecule has 0 saturated heterocycles. The highest BCUT2D eigenvalue weighted by Gasteiger charge is 2.36. The van der Waals surface area contributed by atoms with Crippen LogP contribution in [0.5, 0.6) is 0 Å². The number of rotatable bonds is 4.